The van der Waals surface area contributed by atoms with Crippen LogP contribution in [0.4, 0.5) is 22.0 Å². The van der Waals surface area contributed by atoms with Crippen molar-refractivity contribution in [3.63, 3.8) is 0 Å². The van der Waals surface area contributed by atoms with Crippen molar-refractivity contribution in [1.29, 1.82) is 0 Å². The van der Waals surface area contributed by atoms with E-state index in [1.165, 1.54) is 28.0 Å². The number of likely N-dealkylation sites (tertiary alicyclic amines) is 2. The minimum Gasteiger partial charge on any atom is -0.478 e. The monoisotopic (exact) mass is 757 g/mol. The van der Waals surface area contributed by atoms with E-state index in [0.29, 0.717) is 16.7 Å². The molecule has 4 fully saturated rings. The van der Waals surface area contributed by atoms with E-state index in [1.54, 1.807) is 41.3 Å². The van der Waals surface area contributed by atoms with E-state index in [4.69, 9.17) is 10.5 Å². The van der Waals surface area contributed by atoms with Gasteiger partial charge in [0.25, 0.3) is 5.91 Å². The third kappa shape index (κ3) is 6.95. The van der Waals surface area contributed by atoms with Crippen molar-refractivity contribution in [3.05, 3.63) is 88.2 Å². The maximum absolute atomic E-state index is 13.9. The Hall–Kier alpha value is -4.86. The lowest BCUT2D eigenvalue weighted by Gasteiger charge is -2.51. The molecule has 2 aliphatic carbocycles. The SMILES string of the molecule is NC(=O)c1c(COC[C@@H]2CN(C(=O)c3cnn(Cc4ccccc4C(=O)O)c3)CC23CN(C(=O)C2(C(F)(F)F)CC2)C3)cccc1C1CCC(F)(F)CC1. The minimum absolute atomic E-state index is 0.00103. The maximum atomic E-state index is 13.9. The fourth-order valence-electron chi connectivity index (χ4n) is 8.51. The van der Waals surface area contributed by atoms with Gasteiger partial charge in [0.2, 0.25) is 17.7 Å². The number of carbonyl (C=O) groups is 4. The number of aromatic carboxylic acids is 1. The average molecular weight is 758 g/mol. The molecule has 0 bridgehead atoms. The summed E-state index contributed by atoms with van der Waals surface area (Å²) < 4.78 is 76.9. The lowest BCUT2D eigenvalue weighted by atomic mass is 9.71. The lowest BCUT2D eigenvalue weighted by molar-refractivity contribution is -0.205. The number of carboxylic acid groups (broad SMARTS) is 1. The van der Waals surface area contributed by atoms with Gasteiger partial charge in [-0.2, -0.15) is 18.3 Å². The summed E-state index contributed by atoms with van der Waals surface area (Å²) in [5, 5.41) is 13.8. The van der Waals surface area contributed by atoms with E-state index in [0.717, 1.165) is 0 Å². The van der Waals surface area contributed by atoms with Gasteiger partial charge in [-0.3, -0.25) is 19.1 Å². The molecule has 1 atom stereocenters. The number of nitrogens with two attached hydrogens (primary N) is 1. The Morgan fingerprint density at radius 1 is 0.926 bits per heavy atom. The van der Waals surface area contributed by atoms with Crippen LogP contribution in [-0.2, 0) is 22.7 Å². The van der Waals surface area contributed by atoms with Crippen LogP contribution in [0.5, 0.6) is 0 Å². The summed E-state index contributed by atoms with van der Waals surface area (Å²) in [6, 6.07) is 11.5. The molecule has 2 aliphatic heterocycles. The molecule has 16 heteroatoms. The quantitative estimate of drug-likeness (QED) is 0.246. The molecule has 288 valence electrons. The normalized spacial score (nSPS) is 21.5. The first-order chi connectivity index (χ1) is 25.5. The standard InChI is InChI=1S/C38H40F5N5O6/c39-37(40)10-8-23(9-11-37)28-7-3-5-25(30(28)31(44)49)18-54-19-27-17-46(20-35(27)21-47(22-35)34(53)36(12-13-36)38(41,42)43)32(50)26-14-45-48(16-26)15-24-4-1-2-6-29(24)33(51)52/h1-7,14,16,23,27H,8-13,15,17-22H2,(H2,44,49)(H,51,52)/t27-/m0/s1. The molecule has 2 saturated carbocycles. The Kier molecular flexibility index (Phi) is 9.55. The Balaban J connectivity index is 1.07. The zero-order valence-corrected chi connectivity index (χ0v) is 29.3. The van der Waals surface area contributed by atoms with Crippen molar-refractivity contribution >= 4 is 23.7 Å². The van der Waals surface area contributed by atoms with Gasteiger partial charge in [-0.25, -0.2) is 13.6 Å². The van der Waals surface area contributed by atoms with Crippen LogP contribution in [-0.4, -0.2) is 93.3 Å². The molecule has 0 radical (unpaired) electrons. The van der Waals surface area contributed by atoms with Gasteiger partial charge in [0.1, 0.15) is 5.41 Å². The number of rotatable bonds is 11. The predicted molar refractivity (Wildman–Crippen MR) is 182 cm³/mol. The largest absolute Gasteiger partial charge is 0.478 e. The third-order valence-electron chi connectivity index (χ3n) is 11.7. The first-order valence-corrected chi connectivity index (χ1v) is 17.9. The summed E-state index contributed by atoms with van der Waals surface area (Å²) in [4.78, 5) is 54.1. The zero-order valence-electron chi connectivity index (χ0n) is 29.3. The third-order valence-corrected chi connectivity index (χ3v) is 11.7. The summed E-state index contributed by atoms with van der Waals surface area (Å²) in [6.07, 6.45) is -2.51. The molecular weight excluding hydrogens is 717 g/mol. The van der Waals surface area contributed by atoms with Gasteiger partial charge < -0.3 is 25.4 Å². The molecule has 3 aromatic rings. The fraction of sp³-hybridized carbons (Fsp3) is 0.500. The van der Waals surface area contributed by atoms with Crippen LogP contribution in [0.3, 0.4) is 0 Å². The number of amides is 3. The van der Waals surface area contributed by atoms with Gasteiger partial charge in [0, 0.05) is 62.1 Å². The first-order valence-electron chi connectivity index (χ1n) is 17.9. The van der Waals surface area contributed by atoms with Gasteiger partial charge in [0.15, 0.2) is 0 Å². The smallest absolute Gasteiger partial charge is 0.403 e. The molecule has 7 rings (SSSR count). The molecule has 3 N–H and O–H groups in total. The molecule has 3 amide bonds. The zero-order chi connectivity index (χ0) is 38.6. The second-order valence-electron chi connectivity index (χ2n) is 15.3. The highest BCUT2D eigenvalue weighted by Crippen LogP contribution is 2.60. The number of ether oxygens (including phenoxy) is 1. The number of hydrogen-bond donors (Lipinski definition) is 2. The summed E-state index contributed by atoms with van der Waals surface area (Å²) >= 11 is 0. The molecule has 11 nitrogen and oxygen atoms in total. The Morgan fingerprint density at radius 2 is 1.59 bits per heavy atom. The summed E-state index contributed by atoms with van der Waals surface area (Å²) in [6.45, 7) is 0.374. The van der Waals surface area contributed by atoms with Gasteiger partial charge >= 0.3 is 12.1 Å². The molecule has 1 spiro atoms. The topological polar surface area (TPSA) is 148 Å². The van der Waals surface area contributed by atoms with Crippen molar-refractivity contribution < 1.29 is 51.0 Å². The minimum atomic E-state index is -4.66. The first kappa shape index (κ1) is 37.5. The number of halogens is 5. The van der Waals surface area contributed by atoms with Crippen LogP contribution >= 0.6 is 0 Å². The molecule has 3 heterocycles. The van der Waals surface area contributed by atoms with E-state index in [1.807, 2.05) is 0 Å². The fourth-order valence-corrected chi connectivity index (χ4v) is 8.51. The number of primary amides is 1. The molecule has 2 saturated heterocycles. The predicted octanol–water partition coefficient (Wildman–Crippen LogP) is 5.48. The lowest BCUT2D eigenvalue weighted by Crippen LogP contribution is -2.65. The highest BCUT2D eigenvalue weighted by atomic mass is 19.4. The van der Waals surface area contributed by atoms with E-state index in [-0.39, 0.29) is 107 Å². The van der Waals surface area contributed by atoms with E-state index < -0.39 is 52.5 Å². The number of aromatic nitrogens is 2. The highest BCUT2D eigenvalue weighted by Gasteiger charge is 2.71. The van der Waals surface area contributed by atoms with Crippen molar-refractivity contribution in [3.8, 4) is 0 Å². The van der Waals surface area contributed by atoms with Gasteiger partial charge in [-0.15, -0.1) is 0 Å². The average Bonchev–Trinajstić information content (AvgIpc) is 3.67. The molecule has 2 aromatic carbocycles. The van der Waals surface area contributed by atoms with Crippen molar-refractivity contribution in [2.45, 2.75) is 69.7 Å². The van der Waals surface area contributed by atoms with E-state index in [9.17, 15) is 46.2 Å². The van der Waals surface area contributed by atoms with Crippen molar-refractivity contribution in [2.24, 2.45) is 22.5 Å². The van der Waals surface area contributed by atoms with Crippen LogP contribution in [0.1, 0.15) is 92.2 Å². The number of carbonyl (C=O) groups excluding carboxylic acids is 3. The highest BCUT2D eigenvalue weighted by molar-refractivity contribution is 5.96. The number of hydrogen-bond acceptors (Lipinski definition) is 6. The van der Waals surface area contributed by atoms with Crippen LogP contribution in [0.25, 0.3) is 0 Å². The number of alkyl halides is 5. The number of nitrogens with zero attached hydrogens (tertiary/aromatic N) is 4. The molecular formula is C38H40F5N5O6. The van der Waals surface area contributed by atoms with Gasteiger partial charge in [-0.05, 0) is 54.4 Å². The molecule has 4 aliphatic rings. The molecule has 0 unspecified atom stereocenters. The van der Waals surface area contributed by atoms with E-state index >= 15 is 0 Å². The Labute approximate surface area is 307 Å². The Morgan fingerprint density at radius 3 is 2.24 bits per heavy atom. The summed E-state index contributed by atoms with van der Waals surface area (Å²) in [7, 11) is 0. The van der Waals surface area contributed by atoms with Crippen molar-refractivity contribution in [1.82, 2.24) is 19.6 Å². The molecule has 1 aromatic heterocycles. The van der Waals surface area contributed by atoms with Crippen LogP contribution in [0.15, 0.2) is 54.9 Å². The van der Waals surface area contributed by atoms with Crippen LogP contribution in [0, 0.1) is 16.7 Å². The summed E-state index contributed by atoms with van der Waals surface area (Å²) in [5.41, 5.74) is 4.76. The number of carboxylic acids is 1. The van der Waals surface area contributed by atoms with Crippen molar-refractivity contribution in [2.75, 3.05) is 32.8 Å². The van der Waals surface area contributed by atoms with E-state index in [2.05, 4.69) is 5.10 Å². The second kappa shape index (κ2) is 13.8. The second-order valence-corrected chi connectivity index (χ2v) is 15.3. The van der Waals surface area contributed by atoms with Crippen LogP contribution in [0.2, 0.25) is 0 Å². The molecule has 54 heavy (non-hydrogen) atoms. The van der Waals surface area contributed by atoms with Gasteiger partial charge in [0.05, 0.1) is 37.1 Å². The maximum Gasteiger partial charge on any atom is 0.403 e. The number of benzene rings is 2. The van der Waals surface area contributed by atoms with Crippen LogP contribution < -0.4 is 5.73 Å². The van der Waals surface area contributed by atoms with Gasteiger partial charge in [-0.1, -0.05) is 36.4 Å². The Bertz CT molecular complexity index is 1960. The summed E-state index contributed by atoms with van der Waals surface area (Å²) in [5.74, 6) is -6.59.